The van der Waals surface area contributed by atoms with Crippen molar-refractivity contribution in [3.8, 4) is 11.4 Å². The maximum absolute atomic E-state index is 12.1. The van der Waals surface area contributed by atoms with E-state index in [-0.39, 0.29) is 24.7 Å². The van der Waals surface area contributed by atoms with Gasteiger partial charge in [0.05, 0.1) is 39.6 Å². The van der Waals surface area contributed by atoms with Crippen LogP contribution in [0.3, 0.4) is 0 Å². The highest BCUT2D eigenvalue weighted by molar-refractivity contribution is 5.83. The molecule has 0 bridgehead atoms. The number of nitrogens with zero attached hydrogens (tertiary/aromatic N) is 4. The predicted octanol–water partition coefficient (Wildman–Crippen LogP) is 1.02. The molecule has 1 aromatic carbocycles. The summed E-state index contributed by atoms with van der Waals surface area (Å²) in [5.74, 6) is -0.00830. The van der Waals surface area contributed by atoms with Crippen molar-refractivity contribution < 1.29 is 33.3 Å². The molecule has 3 N–H and O–H groups in total. The van der Waals surface area contributed by atoms with Crippen molar-refractivity contribution >= 4 is 17.9 Å². The number of carbonyl (C=O) groups is 3. The first-order chi connectivity index (χ1) is 19.2. The van der Waals surface area contributed by atoms with E-state index >= 15 is 0 Å². The second-order valence-electron chi connectivity index (χ2n) is 9.46. The van der Waals surface area contributed by atoms with Crippen molar-refractivity contribution in [1.82, 2.24) is 36.3 Å². The van der Waals surface area contributed by atoms with Crippen LogP contribution in [0.5, 0.6) is 0 Å². The van der Waals surface area contributed by atoms with E-state index in [0.717, 1.165) is 11.1 Å². The van der Waals surface area contributed by atoms with Gasteiger partial charge in [0.25, 0.3) is 0 Å². The first-order valence-electron chi connectivity index (χ1n) is 13.1. The van der Waals surface area contributed by atoms with Crippen molar-refractivity contribution in [1.29, 1.82) is 0 Å². The Balaban J connectivity index is 1.38. The monoisotopic (exact) mass is 561 g/mol. The summed E-state index contributed by atoms with van der Waals surface area (Å²) >= 11 is 0. The fourth-order valence-corrected chi connectivity index (χ4v) is 3.04. The number of nitrogens with one attached hydrogen (secondary N) is 3. The smallest absolute Gasteiger partial charge is 0.407 e. The van der Waals surface area contributed by atoms with Gasteiger partial charge in [-0.3, -0.25) is 9.59 Å². The summed E-state index contributed by atoms with van der Waals surface area (Å²) in [6.45, 7) is 8.71. The SMILES string of the molecule is CC(C)(C)OC(=O)NCCOCCOCCOCCNC(=O)CCC(=O)NCc1ccc(-c2nncnn2)cc1. The van der Waals surface area contributed by atoms with Gasteiger partial charge in [-0.15, -0.1) is 20.4 Å². The van der Waals surface area contributed by atoms with Crippen LogP contribution in [0.25, 0.3) is 11.4 Å². The number of hydrogen-bond acceptors (Lipinski definition) is 11. The predicted molar refractivity (Wildman–Crippen MR) is 144 cm³/mol. The third-order valence-electron chi connectivity index (χ3n) is 4.92. The molecule has 0 atom stereocenters. The van der Waals surface area contributed by atoms with Crippen molar-refractivity contribution in [2.24, 2.45) is 0 Å². The fraction of sp³-hybridized carbons (Fsp3) is 0.577. The van der Waals surface area contributed by atoms with Crippen LogP contribution in [-0.2, 0) is 35.1 Å². The molecule has 1 heterocycles. The quantitative estimate of drug-likeness (QED) is 0.222. The van der Waals surface area contributed by atoms with Crippen LogP contribution in [0.15, 0.2) is 30.6 Å². The van der Waals surface area contributed by atoms with E-state index in [1.807, 2.05) is 24.3 Å². The van der Waals surface area contributed by atoms with Gasteiger partial charge in [-0.25, -0.2) is 4.79 Å². The summed E-state index contributed by atoms with van der Waals surface area (Å²) in [4.78, 5) is 35.5. The van der Waals surface area contributed by atoms with E-state index in [9.17, 15) is 14.4 Å². The number of aromatic nitrogens is 4. The average molecular weight is 562 g/mol. The molecule has 0 saturated heterocycles. The minimum atomic E-state index is -0.530. The van der Waals surface area contributed by atoms with Crippen LogP contribution in [0.4, 0.5) is 4.79 Å². The van der Waals surface area contributed by atoms with E-state index in [2.05, 4.69) is 36.3 Å². The molecule has 220 valence electrons. The number of ether oxygens (including phenoxy) is 4. The summed E-state index contributed by atoms with van der Waals surface area (Å²) in [5, 5.41) is 23.3. The molecule has 14 nitrogen and oxygen atoms in total. The van der Waals surface area contributed by atoms with Gasteiger partial charge in [-0.2, -0.15) is 0 Å². The molecule has 0 unspecified atom stereocenters. The molecular formula is C26H39N7O7. The Kier molecular flexibility index (Phi) is 15.0. The van der Waals surface area contributed by atoms with Crippen LogP contribution in [-0.4, -0.2) is 96.6 Å². The van der Waals surface area contributed by atoms with Crippen molar-refractivity contribution in [2.75, 3.05) is 52.7 Å². The lowest BCUT2D eigenvalue weighted by Gasteiger charge is -2.19. The average Bonchev–Trinajstić information content (AvgIpc) is 2.93. The van der Waals surface area contributed by atoms with Gasteiger partial charge in [0.15, 0.2) is 6.33 Å². The third-order valence-corrected chi connectivity index (χ3v) is 4.92. The first-order valence-corrected chi connectivity index (χ1v) is 13.1. The van der Waals surface area contributed by atoms with Gasteiger partial charge in [-0.05, 0) is 26.3 Å². The highest BCUT2D eigenvalue weighted by atomic mass is 16.6. The molecule has 0 aliphatic carbocycles. The van der Waals surface area contributed by atoms with Gasteiger partial charge in [0, 0.05) is 38.0 Å². The first kappa shape index (κ1) is 32.5. The Morgan fingerprint density at radius 3 is 1.82 bits per heavy atom. The maximum Gasteiger partial charge on any atom is 0.407 e. The minimum Gasteiger partial charge on any atom is -0.444 e. The zero-order chi connectivity index (χ0) is 29.1. The standard InChI is InChI=1S/C26H39N7O7/c1-26(2,3)40-25(36)28-11-13-38-15-17-39-16-14-37-12-10-27-22(34)8-9-23(35)29-18-20-4-6-21(7-5-20)24-32-30-19-31-33-24/h4-7,19H,8-18H2,1-3H3,(H,27,34)(H,28,36)(H,29,35). The van der Waals surface area contributed by atoms with E-state index in [0.29, 0.717) is 65.1 Å². The van der Waals surface area contributed by atoms with E-state index in [1.165, 1.54) is 6.33 Å². The van der Waals surface area contributed by atoms with Gasteiger partial charge >= 0.3 is 6.09 Å². The molecule has 0 radical (unpaired) electrons. The number of amides is 3. The summed E-state index contributed by atoms with van der Waals surface area (Å²) < 4.78 is 21.3. The molecular weight excluding hydrogens is 522 g/mol. The number of benzene rings is 1. The lowest BCUT2D eigenvalue weighted by molar-refractivity contribution is -0.126. The molecule has 40 heavy (non-hydrogen) atoms. The number of carbonyl (C=O) groups excluding carboxylic acids is 3. The van der Waals surface area contributed by atoms with Gasteiger partial charge in [-0.1, -0.05) is 24.3 Å². The normalized spacial score (nSPS) is 11.1. The van der Waals surface area contributed by atoms with Crippen LogP contribution in [0.2, 0.25) is 0 Å². The topological polar surface area (TPSA) is 176 Å². The van der Waals surface area contributed by atoms with Crippen molar-refractivity contribution in [3.63, 3.8) is 0 Å². The fourth-order valence-electron chi connectivity index (χ4n) is 3.04. The molecule has 3 amide bonds. The molecule has 0 saturated carbocycles. The minimum absolute atomic E-state index is 0.0898. The van der Waals surface area contributed by atoms with Gasteiger partial charge in [0.1, 0.15) is 5.60 Å². The second-order valence-corrected chi connectivity index (χ2v) is 9.46. The molecule has 14 heteroatoms. The molecule has 0 fully saturated rings. The molecule has 1 aromatic heterocycles. The Hall–Kier alpha value is -3.75. The molecule has 2 aromatic rings. The Bertz CT molecular complexity index is 1020. The van der Waals surface area contributed by atoms with Crippen LogP contribution in [0.1, 0.15) is 39.2 Å². The molecule has 0 aliphatic rings. The lowest BCUT2D eigenvalue weighted by atomic mass is 10.1. The Morgan fingerprint density at radius 1 is 0.725 bits per heavy atom. The molecule has 0 spiro atoms. The van der Waals surface area contributed by atoms with Crippen LogP contribution >= 0.6 is 0 Å². The second kappa shape index (κ2) is 18.5. The van der Waals surface area contributed by atoms with Crippen molar-refractivity contribution in [3.05, 3.63) is 36.2 Å². The summed E-state index contributed by atoms with van der Waals surface area (Å²) in [6, 6.07) is 7.36. The molecule has 2 rings (SSSR count). The zero-order valence-electron chi connectivity index (χ0n) is 23.3. The third kappa shape index (κ3) is 15.6. The summed E-state index contributed by atoms with van der Waals surface area (Å²) in [6.07, 6.45) is 0.967. The number of rotatable bonds is 18. The molecule has 0 aliphatic heterocycles. The zero-order valence-corrected chi connectivity index (χ0v) is 23.3. The van der Waals surface area contributed by atoms with E-state index in [1.54, 1.807) is 20.8 Å². The lowest BCUT2D eigenvalue weighted by Crippen LogP contribution is -2.34. The Labute approximate surface area is 233 Å². The van der Waals surface area contributed by atoms with Crippen LogP contribution < -0.4 is 16.0 Å². The largest absolute Gasteiger partial charge is 0.444 e. The summed E-state index contributed by atoms with van der Waals surface area (Å²) in [5.41, 5.74) is 1.15. The van der Waals surface area contributed by atoms with Gasteiger partial charge in [0.2, 0.25) is 17.6 Å². The van der Waals surface area contributed by atoms with Gasteiger partial charge < -0.3 is 34.9 Å². The summed E-state index contributed by atoms with van der Waals surface area (Å²) in [7, 11) is 0. The number of alkyl carbamates (subject to hydrolysis) is 1. The van der Waals surface area contributed by atoms with E-state index in [4.69, 9.17) is 18.9 Å². The maximum atomic E-state index is 12.1. The van der Waals surface area contributed by atoms with Crippen molar-refractivity contribution in [2.45, 2.75) is 45.8 Å². The van der Waals surface area contributed by atoms with E-state index < -0.39 is 11.7 Å². The van der Waals surface area contributed by atoms with Crippen LogP contribution in [0, 0.1) is 0 Å². The highest BCUT2D eigenvalue weighted by Crippen LogP contribution is 2.13. The highest BCUT2D eigenvalue weighted by Gasteiger charge is 2.15. The number of hydrogen-bond donors (Lipinski definition) is 3. The Morgan fingerprint density at radius 2 is 1.25 bits per heavy atom.